The molecule has 1 fully saturated rings. The van der Waals surface area contributed by atoms with Crippen LogP contribution in [0.4, 0.5) is 4.79 Å². The van der Waals surface area contributed by atoms with Gasteiger partial charge in [0, 0.05) is 18.5 Å². The first-order valence-electron chi connectivity index (χ1n) is 8.59. The normalized spacial score (nSPS) is 20.7. The topological polar surface area (TPSA) is 72.9 Å². The Labute approximate surface area is 170 Å². The number of nitrogens with zero attached hydrogens (tertiary/aromatic N) is 1. The number of likely N-dealkylation sites (tertiary alicyclic amines) is 1. The molecule has 0 spiro atoms. The Balaban J connectivity index is 2.26. The third kappa shape index (κ3) is 6.24. The van der Waals surface area contributed by atoms with Crippen molar-refractivity contribution in [3.8, 4) is 0 Å². The van der Waals surface area contributed by atoms with Crippen molar-refractivity contribution in [3.63, 3.8) is 0 Å². The van der Waals surface area contributed by atoms with Crippen molar-refractivity contribution in [3.05, 3.63) is 33.8 Å². The van der Waals surface area contributed by atoms with Gasteiger partial charge in [0.25, 0.3) is 10.1 Å². The van der Waals surface area contributed by atoms with Crippen molar-refractivity contribution in [1.29, 1.82) is 0 Å². The van der Waals surface area contributed by atoms with Crippen LogP contribution < -0.4 is 0 Å². The van der Waals surface area contributed by atoms with Crippen molar-refractivity contribution in [2.24, 2.45) is 0 Å². The maximum Gasteiger partial charge on any atom is 0.410 e. The Morgan fingerprint density at radius 2 is 1.93 bits per heavy atom. The number of amides is 1. The lowest BCUT2D eigenvalue weighted by atomic mass is 9.77. The quantitative estimate of drug-likeness (QED) is 0.643. The van der Waals surface area contributed by atoms with Gasteiger partial charge in [0.15, 0.2) is 0 Å². The molecule has 0 saturated carbocycles. The van der Waals surface area contributed by atoms with E-state index in [1.165, 1.54) is 0 Å². The van der Waals surface area contributed by atoms with E-state index in [9.17, 15) is 13.2 Å². The van der Waals surface area contributed by atoms with E-state index in [-0.39, 0.29) is 6.61 Å². The van der Waals surface area contributed by atoms with Crippen molar-refractivity contribution in [2.45, 2.75) is 44.6 Å². The molecule has 0 aromatic heterocycles. The molecule has 0 radical (unpaired) electrons. The van der Waals surface area contributed by atoms with E-state index < -0.39 is 27.2 Å². The van der Waals surface area contributed by atoms with Crippen molar-refractivity contribution in [2.75, 3.05) is 26.0 Å². The summed E-state index contributed by atoms with van der Waals surface area (Å²) in [5, 5.41) is 0.846. The Morgan fingerprint density at radius 3 is 2.48 bits per heavy atom. The molecule has 1 aromatic rings. The molecule has 152 valence electrons. The minimum Gasteiger partial charge on any atom is -0.444 e. The molecule has 9 heteroatoms. The number of hydrogen-bond acceptors (Lipinski definition) is 5. The highest BCUT2D eigenvalue weighted by Crippen LogP contribution is 2.40. The molecule has 0 unspecified atom stereocenters. The van der Waals surface area contributed by atoms with Crippen LogP contribution in [0, 0.1) is 0 Å². The van der Waals surface area contributed by atoms with Crippen LogP contribution in [0.25, 0.3) is 0 Å². The van der Waals surface area contributed by atoms with Gasteiger partial charge in [-0.1, -0.05) is 29.3 Å². The average molecular weight is 438 g/mol. The summed E-state index contributed by atoms with van der Waals surface area (Å²) in [6.45, 7) is 6.33. The highest BCUT2D eigenvalue weighted by Gasteiger charge is 2.42. The lowest BCUT2D eigenvalue weighted by molar-refractivity contribution is 0.0281. The van der Waals surface area contributed by atoms with Crippen LogP contribution in [0.1, 0.15) is 39.2 Å². The Bertz CT molecular complexity index is 806. The lowest BCUT2D eigenvalue weighted by Gasteiger charge is -2.31. The van der Waals surface area contributed by atoms with Crippen molar-refractivity contribution < 1.29 is 22.1 Å². The third-order valence-corrected chi connectivity index (χ3v) is 5.75. The first-order valence-corrected chi connectivity index (χ1v) is 11.2. The van der Waals surface area contributed by atoms with E-state index in [0.717, 1.165) is 11.8 Å². The van der Waals surface area contributed by atoms with Crippen molar-refractivity contribution >= 4 is 39.4 Å². The molecular formula is C18H25Cl2NO5S. The Kier molecular flexibility index (Phi) is 6.72. The predicted octanol–water partition coefficient (Wildman–Crippen LogP) is 4.24. The first-order chi connectivity index (χ1) is 12.3. The second kappa shape index (κ2) is 8.15. The van der Waals surface area contributed by atoms with E-state index >= 15 is 0 Å². The standard InChI is InChI=1S/C18H25Cl2NO5S/c1-17(2,3)26-16(22)21-9-7-18(12-21,8-10-25-27(4,23)24)13-5-6-14(19)15(20)11-13/h5-6,11H,7-10,12H2,1-4H3/t18-/m1/s1. The van der Waals surface area contributed by atoms with Gasteiger partial charge in [0.1, 0.15) is 5.60 Å². The van der Waals surface area contributed by atoms with Crippen LogP contribution in [-0.2, 0) is 24.5 Å². The second-order valence-electron chi connectivity index (χ2n) is 7.84. The summed E-state index contributed by atoms with van der Waals surface area (Å²) in [6.07, 6.45) is 1.67. The average Bonchev–Trinajstić information content (AvgIpc) is 2.93. The first kappa shape index (κ1) is 22.3. The van der Waals surface area contributed by atoms with Crippen LogP contribution in [0.15, 0.2) is 18.2 Å². The summed E-state index contributed by atoms with van der Waals surface area (Å²) >= 11 is 12.2. The number of benzene rings is 1. The molecular weight excluding hydrogens is 413 g/mol. The third-order valence-electron chi connectivity index (χ3n) is 4.42. The van der Waals surface area contributed by atoms with E-state index in [4.69, 9.17) is 32.1 Å². The number of ether oxygens (including phenoxy) is 1. The summed E-state index contributed by atoms with van der Waals surface area (Å²) in [7, 11) is -3.55. The van der Waals surface area contributed by atoms with Crippen LogP contribution >= 0.6 is 23.2 Å². The second-order valence-corrected chi connectivity index (χ2v) is 10.3. The van der Waals surface area contributed by atoms with Crippen LogP contribution in [-0.4, -0.2) is 51.0 Å². The van der Waals surface area contributed by atoms with E-state index in [2.05, 4.69) is 0 Å². The zero-order valence-corrected chi connectivity index (χ0v) is 18.2. The summed E-state index contributed by atoms with van der Waals surface area (Å²) in [4.78, 5) is 14.1. The van der Waals surface area contributed by atoms with Crippen molar-refractivity contribution in [1.82, 2.24) is 4.90 Å². The fourth-order valence-electron chi connectivity index (χ4n) is 3.15. The largest absolute Gasteiger partial charge is 0.444 e. The molecule has 0 bridgehead atoms. The fraction of sp³-hybridized carbons (Fsp3) is 0.611. The van der Waals surface area contributed by atoms with E-state index in [1.807, 2.05) is 26.8 Å². The van der Waals surface area contributed by atoms with Crippen LogP contribution in [0.5, 0.6) is 0 Å². The molecule has 1 aliphatic heterocycles. The number of carbonyl (C=O) groups excluding carboxylic acids is 1. The summed E-state index contributed by atoms with van der Waals surface area (Å²) < 4.78 is 33.1. The molecule has 1 amide bonds. The number of halogens is 2. The smallest absolute Gasteiger partial charge is 0.410 e. The number of hydrogen-bond donors (Lipinski definition) is 0. The number of carbonyl (C=O) groups is 1. The fourth-order valence-corrected chi connectivity index (χ4v) is 3.84. The molecule has 27 heavy (non-hydrogen) atoms. The van der Waals surface area contributed by atoms with Gasteiger partial charge in [0.05, 0.1) is 22.9 Å². The summed E-state index contributed by atoms with van der Waals surface area (Å²) in [6, 6.07) is 5.32. The number of rotatable bonds is 5. The van der Waals surface area contributed by atoms with E-state index in [0.29, 0.717) is 36.0 Å². The van der Waals surface area contributed by atoms with Crippen LogP contribution in [0.2, 0.25) is 10.0 Å². The Hall–Kier alpha value is -1.02. The minimum absolute atomic E-state index is 0.0151. The molecule has 0 aliphatic carbocycles. The maximum atomic E-state index is 12.5. The molecule has 1 aliphatic rings. The summed E-state index contributed by atoms with van der Waals surface area (Å²) in [5.74, 6) is 0. The zero-order chi connectivity index (χ0) is 20.5. The van der Waals surface area contributed by atoms with Gasteiger partial charge in [-0.15, -0.1) is 0 Å². The van der Waals surface area contributed by atoms with Gasteiger partial charge in [0.2, 0.25) is 0 Å². The van der Waals surface area contributed by atoms with Gasteiger partial charge in [-0.05, 0) is 51.3 Å². The molecule has 0 N–H and O–H groups in total. The molecule has 1 atom stereocenters. The maximum absolute atomic E-state index is 12.5. The van der Waals surface area contributed by atoms with Gasteiger partial charge in [-0.3, -0.25) is 4.18 Å². The predicted molar refractivity (Wildman–Crippen MR) is 106 cm³/mol. The zero-order valence-electron chi connectivity index (χ0n) is 15.9. The van der Waals surface area contributed by atoms with Gasteiger partial charge >= 0.3 is 6.09 Å². The highest BCUT2D eigenvalue weighted by atomic mass is 35.5. The minimum atomic E-state index is -3.55. The van der Waals surface area contributed by atoms with Crippen LogP contribution in [0.3, 0.4) is 0 Å². The van der Waals surface area contributed by atoms with Gasteiger partial charge < -0.3 is 9.64 Å². The van der Waals surface area contributed by atoms with Gasteiger partial charge in [-0.2, -0.15) is 8.42 Å². The van der Waals surface area contributed by atoms with Gasteiger partial charge in [-0.25, -0.2) is 4.79 Å². The summed E-state index contributed by atoms with van der Waals surface area (Å²) in [5.41, 5.74) is -0.193. The molecule has 2 rings (SSSR count). The molecule has 1 saturated heterocycles. The highest BCUT2D eigenvalue weighted by molar-refractivity contribution is 7.85. The SMILES string of the molecule is CC(C)(C)OC(=O)N1CC[C@](CCOS(C)(=O)=O)(c2ccc(Cl)c(Cl)c2)C1. The monoisotopic (exact) mass is 437 g/mol. The molecule has 1 aromatic carbocycles. The molecule has 1 heterocycles. The Morgan fingerprint density at radius 1 is 1.26 bits per heavy atom. The molecule has 6 nitrogen and oxygen atoms in total. The lowest BCUT2D eigenvalue weighted by Crippen LogP contribution is -2.38. The van der Waals surface area contributed by atoms with E-state index in [1.54, 1.807) is 17.0 Å².